The lowest BCUT2D eigenvalue weighted by molar-refractivity contribution is 0.0947. The van der Waals surface area contributed by atoms with Gasteiger partial charge in [-0.25, -0.2) is 4.39 Å². The summed E-state index contributed by atoms with van der Waals surface area (Å²) < 4.78 is 13.4. The second-order valence-electron chi connectivity index (χ2n) is 4.28. The molecule has 18 heavy (non-hydrogen) atoms. The quantitative estimate of drug-likeness (QED) is 0.787. The Morgan fingerprint density at radius 3 is 2.50 bits per heavy atom. The van der Waals surface area contributed by atoms with Crippen molar-refractivity contribution in [3.05, 3.63) is 35.6 Å². The first-order valence-electron chi connectivity index (χ1n) is 6.26. The second kappa shape index (κ2) is 7.37. The molecule has 0 saturated heterocycles. The second-order valence-corrected chi connectivity index (χ2v) is 4.84. The Kier molecular flexibility index (Phi) is 6.13. The summed E-state index contributed by atoms with van der Waals surface area (Å²) >= 11 is 6.21. The van der Waals surface area contributed by atoms with Gasteiger partial charge in [0, 0.05) is 6.54 Å². The monoisotopic (exact) mass is 271 g/mol. The van der Waals surface area contributed by atoms with Crippen LogP contribution in [0.5, 0.6) is 0 Å². The van der Waals surface area contributed by atoms with Crippen molar-refractivity contribution in [1.29, 1.82) is 0 Å². The van der Waals surface area contributed by atoms with E-state index < -0.39 is 11.7 Å². The van der Waals surface area contributed by atoms with Gasteiger partial charge in [0.1, 0.15) is 5.82 Å². The number of carbonyl (C=O) groups is 1. The van der Waals surface area contributed by atoms with E-state index in [1.54, 1.807) is 12.1 Å². The van der Waals surface area contributed by atoms with E-state index in [0.29, 0.717) is 12.5 Å². The van der Waals surface area contributed by atoms with E-state index in [4.69, 9.17) is 11.6 Å². The molecular formula is C14H19ClFNO. The molecule has 0 fully saturated rings. The van der Waals surface area contributed by atoms with Gasteiger partial charge >= 0.3 is 0 Å². The van der Waals surface area contributed by atoms with Gasteiger partial charge in [0.25, 0.3) is 5.91 Å². The molecule has 1 unspecified atom stereocenters. The lowest BCUT2D eigenvalue weighted by atomic mass is 9.99. The third-order valence-corrected chi connectivity index (χ3v) is 3.65. The fraction of sp³-hybridized carbons (Fsp3) is 0.500. The van der Waals surface area contributed by atoms with Gasteiger partial charge < -0.3 is 5.32 Å². The highest BCUT2D eigenvalue weighted by molar-refractivity contribution is 6.21. The lowest BCUT2D eigenvalue weighted by Gasteiger charge is -2.19. The van der Waals surface area contributed by atoms with Gasteiger partial charge in [0.2, 0.25) is 0 Å². The van der Waals surface area contributed by atoms with Crippen LogP contribution >= 0.6 is 11.6 Å². The zero-order valence-electron chi connectivity index (χ0n) is 10.7. The molecule has 1 aromatic rings. The molecule has 100 valence electrons. The van der Waals surface area contributed by atoms with Crippen LogP contribution in [0.4, 0.5) is 4.39 Å². The molecule has 0 aliphatic carbocycles. The van der Waals surface area contributed by atoms with Gasteiger partial charge in [-0.15, -0.1) is 11.6 Å². The average molecular weight is 272 g/mol. The summed E-state index contributed by atoms with van der Waals surface area (Å²) in [6.07, 6.45) is 1.94. The number of nitrogens with one attached hydrogen (secondary N) is 1. The van der Waals surface area contributed by atoms with Gasteiger partial charge in [-0.1, -0.05) is 38.8 Å². The maximum atomic E-state index is 13.4. The van der Waals surface area contributed by atoms with Crippen molar-refractivity contribution in [2.24, 2.45) is 5.92 Å². The third-order valence-electron chi connectivity index (χ3n) is 3.14. The summed E-state index contributed by atoms with van der Waals surface area (Å²) in [5.41, 5.74) is 0.0610. The van der Waals surface area contributed by atoms with Gasteiger partial charge in [0.15, 0.2) is 0 Å². The molecule has 0 aromatic heterocycles. The van der Waals surface area contributed by atoms with Crippen LogP contribution in [0.2, 0.25) is 0 Å². The molecule has 0 bridgehead atoms. The summed E-state index contributed by atoms with van der Waals surface area (Å²) in [5, 5.41) is 2.56. The molecule has 1 N–H and O–H groups in total. The number of amides is 1. The zero-order valence-corrected chi connectivity index (χ0v) is 11.5. The normalized spacial score (nSPS) is 12.5. The van der Waals surface area contributed by atoms with Crippen molar-refractivity contribution in [3.8, 4) is 0 Å². The van der Waals surface area contributed by atoms with E-state index in [9.17, 15) is 9.18 Å². The van der Waals surface area contributed by atoms with E-state index in [1.807, 2.05) is 0 Å². The standard InChI is InChI=1S/C14H19ClFNO/c1-3-10(4-2)12(15)9-17-14(18)11-7-5-6-8-13(11)16/h5-8,10,12H,3-4,9H2,1-2H3,(H,17,18). The zero-order chi connectivity index (χ0) is 13.5. The molecule has 1 aromatic carbocycles. The fourth-order valence-electron chi connectivity index (χ4n) is 1.90. The van der Waals surface area contributed by atoms with Crippen LogP contribution in [0.15, 0.2) is 24.3 Å². The van der Waals surface area contributed by atoms with Crippen LogP contribution in [-0.2, 0) is 0 Å². The molecule has 0 saturated carbocycles. The van der Waals surface area contributed by atoms with Gasteiger partial charge in [0.05, 0.1) is 10.9 Å². The highest BCUT2D eigenvalue weighted by Crippen LogP contribution is 2.18. The van der Waals surface area contributed by atoms with Gasteiger partial charge in [-0.3, -0.25) is 4.79 Å². The first-order chi connectivity index (χ1) is 8.60. The Morgan fingerprint density at radius 2 is 1.94 bits per heavy atom. The molecular weight excluding hydrogens is 253 g/mol. The molecule has 1 rings (SSSR count). The molecule has 0 spiro atoms. The van der Waals surface area contributed by atoms with Gasteiger partial charge in [-0.2, -0.15) is 0 Å². The number of carbonyl (C=O) groups excluding carboxylic acids is 1. The summed E-state index contributed by atoms with van der Waals surface area (Å²) in [6.45, 7) is 4.51. The highest BCUT2D eigenvalue weighted by atomic mass is 35.5. The van der Waals surface area contributed by atoms with Crippen molar-refractivity contribution in [3.63, 3.8) is 0 Å². The predicted octanol–water partition coefficient (Wildman–Crippen LogP) is 3.60. The Balaban J connectivity index is 2.54. The van der Waals surface area contributed by atoms with Crippen LogP contribution < -0.4 is 5.32 Å². The van der Waals surface area contributed by atoms with Gasteiger partial charge in [-0.05, 0) is 18.1 Å². The van der Waals surface area contributed by atoms with Crippen molar-refractivity contribution in [2.75, 3.05) is 6.54 Å². The molecule has 0 radical (unpaired) electrons. The summed E-state index contributed by atoms with van der Waals surface area (Å²) in [5.74, 6) is -0.555. The molecule has 4 heteroatoms. The number of alkyl halides is 1. The summed E-state index contributed by atoms with van der Waals surface area (Å²) in [7, 11) is 0. The van der Waals surface area contributed by atoms with Crippen LogP contribution in [0, 0.1) is 11.7 Å². The molecule has 0 heterocycles. The third kappa shape index (κ3) is 3.98. The Morgan fingerprint density at radius 1 is 1.33 bits per heavy atom. The number of halogens is 2. The minimum absolute atomic E-state index is 0.0610. The van der Waals surface area contributed by atoms with Crippen LogP contribution in [0.25, 0.3) is 0 Å². The number of benzene rings is 1. The molecule has 0 aliphatic rings. The minimum Gasteiger partial charge on any atom is -0.350 e. The first kappa shape index (κ1) is 15.0. The number of hydrogen-bond donors (Lipinski definition) is 1. The maximum absolute atomic E-state index is 13.4. The van der Waals surface area contributed by atoms with Crippen molar-refractivity contribution in [1.82, 2.24) is 5.32 Å². The fourth-order valence-corrected chi connectivity index (χ4v) is 2.33. The Labute approximate surface area is 113 Å². The number of rotatable bonds is 6. The highest BCUT2D eigenvalue weighted by Gasteiger charge is 2.17. The first-order valence-corrected chi connectivity index (χ1v) is 6.70. The van der Waals surface area contributed by atoms with Crippen molar-refractivity contribution < 1.29 is 9.18 Å². The van der Waals surface area contributed by atoms with E-state index in [2.05, 4.69) is 19.2 Å². The lowest BCUT2D eigenvalue weighted by Crippen LogP contribution is -2.33. The van der Waals surface area contributed by atoms with Crippen LogP contribution in [0.3, 0.4) is 0 Å². The summed E-state index contributed by atoms with van der Waals surface area (Å²) in [4.78, 5) is 11.8. The van der Waals surface area contributed by atoms with Crippen LogP contribution in [-0.4, -0.2) is 17.8 Å². The van der Waals surface area contributed by atoms with E-state index >= 15 is 0 Å². The van der Waals surface area contributed by atoms with E-state index in [-0.39, 0.29) is 10.9 Å². The smallest absolute Gasteiger partial charge is 0.254 e. The molecule has 1 amide bonds. The molecule has 0 aliphatic heterocycles. The minimum atomic E-state index is -0.511. The Bertz CT molecular complexity index is 393. The van der Waals surface area contributed by atoms with Crippen molar-refractivity contribution >= 4 is 17.5 Å². The summed E-state index contributed by atoms with van der Waals surface area (Å²) in [6, 6.07) is 5.93. The van der Waals surface area contributed by atoms with Crippen LogP contribution in [0.1, 0.15) is 37.0 Å². The molecule has 1 atom stereocenters. The SMILES string of the molecule is CCC(CC)C(Cl)CNC(=O)c1ccccc1F. The average Bonchev–Trinajstić information content (AvgIpc) is 2.38. The van der Waals surface area contributed by atoms with E-state index in [0.717, 1.165) is 12.8 Å². The van der Waals surface area contributed by atoms with Crippen molar-refractivity contribution in [2.45, 2.75) is 32.1 Å². The topological polar surface area (TPSA) is 29.1 Å². The largest absolute Gasteiger partial charge is 0.350 e. The predicted molar refractivity (Wildman–Crippen MR) is 72.4 cm³/mol. The number of hydrogen-bond acceptors (Lipinski definition) is 1. The Hall–Kier alpha value is -1.09. The molecule has 2 nitrogen and oxygen atoms in total. The van der Waals surface area contributed by atoms with E-state index in [1.165, 1.54) is 12.1 Å². The maximum Gasteiger partial charge on any atom is 0.254 e.